The number of allylic oxidation sites excluding steroid dienone is 2. The van der Waals surface area contributed by atoms with Crippen LogP contribution in [0.4, 0.5) is 62.6 Å². The summed E-state index contributed by atoms with van der Waals surface area (Å²) in [6.07, 6.45) is 1.51. The van der Waals surface area contributed by atoms with Gasteiger partial charge in [-0.1, -0.05) is 43.3 Å². The highest BCUT2D eigenvalue weighted by atomic mass is 32.2. The van der Waals surface area contributed by atoms with Gasteiger partial charge in [-0.15, -0.1) is 35.8 Å². The number of hydrogen-bond donors (Lipinski definition) is 12. The summed E-state index contributed by atoms with van der Waals surface area (Å²) in [5.41, 5.74) is -4.46. The smallest absolute Gasteiger partial charge is 0.296 e. The number of fused-ring (bicyclic) bond motifs is 3. The lowest BCUT2D eigenvalue weighted by atomic mass is 10.0. The van der Waals surface area contributed by atoms with Crippen LogP contribution in [0.5, 0.6) is 28.7 Å². The zero-order valence-corrected chi connectivity index (χ0v) is 60.5. The molecule has 0 bridgehead atoms. The summed E-state index contributed by atoms with van der Waals surface area (Å²) in [6.45, 7) is 2.42. The van der Waals surface area contributed by atoms with Gasteiger partial charge in [0, 0.05) is 44.9 Å². The second-order valence-electron chi connectivity index (χ2n) is 22.7. The van der Waals surface area contributed by atoms with Crippen molar-refractivity contribution in [2.24, 2.45) is 51.1 Å². The number of benzene rings is 10. The fourth-order valence-electron chi connectivity index (χ4n) is 10.3. The molecule has 12 N–H and O–H groups in total. The fourth-order valence-corrected chi connectivity index (χ4v) is 14.5. The summed E-state index contributed by atoms with van der Waals surface area (Å²) >= 11 is 0. The molecule has 108 heavy (non-hydrogen) atoms. The molecule has 0 aliphatic heterocycles. The minimum Gasteiger partial charge on any atom is -0.507 e. The van der Waals surface area contributed by atoms with Gasteiger partial charge in [0.05, 0.1) is 50.6 Å². The average Bonchev–Trinajstić information content (AvgIpc) is 0.756. The minimum absolute atomic E-state index is 0.0312. The maximum atomic E-state index is 13.3. The topological polar surface area (TPSA) is 606 Å². The summed E-state index contributed by atoms with van der Waals surface area (Å²) in [5.74, 6) is -4.79. The number of rotatable bonds is 26. The first-order chi connectivity index (χ1) is 50.5. The molecule has 10 aromatic carbocycles. The Bertz CT molecular complexity index is 6480. The zero-order valence-electron chi connectivity index (χ0n) is 54.8. The number of phenolic OH excluding ortho intramolecular Hbond substituents is 4. The highest BCUT2D eigenvalue weighted by molar-refractivity contribution is 7.90. The van der Waals surface area contributed by atoms with Crippen LogP contribution in [-0.2, 0) is 70.8 Å². The molecule has 0 aromatic heterocycles. The van der Waals surface area contributed by atoms with Crippen molar-refractivity contribution in [1.82, 2.24) is 0 Å². The summed E-state index contributed by atoms with van der Waals surface area (Å²) in [5, 5.41) is 88.2. The third kappa shape index (κ3) is 18.5. The van der Waals surface area contributed by atoms with E-state index in [9.17, 15) is 111 Å². The molecule has 0 radical (unpaired) electrons. The second kappa shape index (κ2) is 30.8. The molecule has 0 saturated carbocycles. The Labute approximate surface area is 612 Å². The number of nitrogens with zero attached hydrogens (tertiary/aromatic N) is 10. The lowest BCUT2D eigenvalue weighted by Crippen LogP contribution is -2.08. The van der Waals surface area contributed by atoms with Gasteiger partial charge in [-0.05, 0) is 151 Å². The molecular formula is C64H53N11O26S7. The van der Waals surface area contributed by atoms with Crippen molar-refractivity contribution in [3.05, 3.63) is 180 Å². The Morgan fingerprint density at radius 3 is 1.49 bits per heavy atom. The molecule has 562 valence electrons. The number of ether oxygens (including phenoxy) is 1. The third-order valence-electron chi connectivity index (χ3n) is 15.2. The molecule has 0 fully saturated rings. The van der Waals surface area contributed by atoms with Gasteiger partial charge in [-0.3, -0.25) is 31.9 Å². The molecule has 37 nitrogen and oxygen atoms in total. The largest absolute Gasteiger partial charge is 0.507 e. The second-order valence-corrected chi connectivity index (χ2v) is 32.7. The molecule has 0 spiro atoms. The molecule has 0 amide bonds. The van der Waals surface area contributed by atoms with Crippen LogP contribution in [0.2, 0.25) is 0 Å². The number of nitrogens with one attached hydrogen (secondary N) is 1. The van der Waals surface area contributed by atoms with E-state index in [1.165, 1.54) is 68.4 Å². The molecule has 10 aromatic rings. The summed E-state index contributed by atoms with van der Waals surface area (Å²) < 4.78 is 250. The number of hydrogen-bond acceptors (Lipinski definition) is 30. The van der Waals surface area contributed by atoms with Crippen LogP contribution in [0.15, 0.2) is 244 Å². The highest BCUT2D eigenvalue weighted by Gasteiger charge is 2.29. The monoisotopic (exact) mass is 1620 g/mol. The Morgan fingerprint density at radius 2 is 0.963 bits per heavy atom. The summed E-state index contributed by atoms with van der Waals surface area (Å²) in [6, 6.07) is 29.8. The van der Waals surface area contributed by atoms with Crippen molar-refractivity contribution in [2.75, 3.05) is 17.7 Å². The van der Waals surface area contributed by atoms with Crippen molar-refractivity contribution >= 4 is 171 Å². The van der Waals surface area contributed by atoms with Crippen LogP contribution in [0.1, 0.15) is 30.9 Å². The Kier molecular flexibility index (Phi) is 22.6. The lowest BCUT2D eigenvalue weighted by Gasteiger charge is -2.14. The van der Waals surface area contributed by atoms with Crippen molar-refractivity contribution in [3.8, 4) is 28.7 Å². The van der Waals surface area contributed by atoms with E-state index in [4.69, 9.17) is 4.74 Å². The van der Waals surface area contributed by atoms with Crippen LogP contribution >= 0.6 is 0 Å². The first-order valence-electron chi connectivity index (χ1n) is 30.2. The van der Waals surface area contributed by atoms with Crippen molar-refractivity contribution < 1.29 is 116 Å². The number of aromatic hydroxyl groups is 4. The van der Waals surface area contributed by atoms with Gasteiger partial charge in [0.25, 0.3) is 70.8 Å². The molecule has 0 aliphatic carbocycles. The Balaban J connectivity index is 1.03. The third-order valence-corrected chi connectivity index (χ3v) is 21.3. The standard InChI is InChI=1S/C64H53N11O26S7/c1-3-10-40(103(83,84)85)30-50(45-20-17-41(31-52(45)76)104(86,87)88)70-69-49-33-53(101-23-9-24-102(80,81)82)51(25-34(49)2)71-75-60-56(107(95,96)97)29-35-26-38(15-18-43(35)63(60)78)66-72-58-46-32-57(108(98,99)100)61(64(79)44(46)21-22-48(58)65-37-11-5-4-6-12-37)73-67-39-16-19-42-36(27-39)28-55(106(92,93)94)59(62(42)77)74-68-47-13-7-8-14-54(47)105(89,90)91/h4-8,10-22,25-33,65,76-79H,3,9,23-24H2,1-2H3,(H,80,81,82)(H,83,84,85)(H,86,87,88)(H,89,90,91)(H,92,93,94)(H,95,96,97)(H,98,99,100)/b40-10+,50-30+,70-69?,72-66?,73-67?,74-68?,75-71+. The molecule has 10 rings (SSSR count). The first-order valence-corrected chi connectivity index (χ1v) is 40.5. The van der Waals surface area contributed by atoms with E-state index in [0.29, 0.717) is 11.8 Å². The van der Waals surface area contributed by atoms with E-state index >= 15 is 0 Å². The number of anilines is 2. The molecule has 0 saturated heterocycles. The maximum Gasteiger partial charge on any atom is 0.296 e. The predicted octanol–water partition coefficient (Wildman–Crippen LogP) is 14.9. The van der Waals surface area contributed by atoms with Gasteiger partial charge >= 0.3 is 0 Å². The molecule has 0 unspecified atom stereocenters. The highest BCUT2D eigenvalue weighted by Crippen LogP contribution is 2.50. The fraction of sp³-hybridized carbons (Fsp3) is 0.0938. The maximum absolute atomic E-state index is 13.3. The van der Waals surface area contributed by atoms with Crippen molar-refractivity contribution in [3.63, 3.8) is 0 Å². The zero-order chi connectivity index (χ0) is 78.8. The molecule has 0 aliphatic rings. The quantitative estimate of drug-likeness (QED) is 0.0104. The summed E-state index contributed by atoms with van der Waals surface area (Å²) in [7, 11) is -35.4. The van der Waals surface area contributed by atoms with Crippen LogP contribution < -0.4 is 10.1 Å². The molecular weight excluding hydrogens is 1560 g/mol. The first kappa shape index (κ1) is 79.2. The van der Waals surface area contributed by atoms with E-state index < -0.39 is 164 Å². The average molecular weight is 1620 g/mol. The molecule has 0 heterocycles. The van der Waals surface area contributed by atoms with Gasteiger partial charge in [-0.25, -0.2) is 0 Å². The SMILES string of the molecule is CC/C=C(\C=C(\N=Nc1cc(OCCCS(=O)(=O)O)c(/N=N/c2c(S(=O)(=O)O)cc3cc(N=Nc4c(Nc5ccccc5)ccc5c(O)c(N=Nc6ccc7c(O)c(N=Nc8ccccc8S(=O)(=O)O)c(S(=O)(=O)O)cc7c6)c(S(=O)(=O)O)cc45)ccc3c2O)cc1C)c1ccc(S(=O)(=O)O)cc1O)S(=O)(=O)O. The van der Waals surface area contributed by atoms with E-state index in [1.807, 2.05) is 0 Å². The number of azo groups is 5. The Morgan fingerprint density at radius 1 is 0.454 bits per heavy atom. The van der Waals surface area contributed by atoms with E-state index in [0.717, 1.165) is 72.8 Å². The predicted molar refractivity (Wildman–Crippen MR) is 387 cm³/mol. The molecule has 0 atom stereocenters. The van der Waals surface area contributed by atoms with Crippen LogP contribution in [-0.4, -0.2) is 124 Å². The van der Waals surface area contributed by atoms with Crippen LogP contribution in [0, 0.1) is 6.92 Å². The van der Waals surface area contributed by atoms with Gasteiger partial charge < -0.3 is 30.5 Å². The van der Waals surface area contributed by atoms with Crippen LogP contribution in [0.3, 0.4) is 0 Å². The lowest BCUT2D eigenvalue weighted by molar-refractivity contribution is 0.317. The number of aryl methyl sites for hydroxylation is 1. The normalized spacial score (nSPS) is 13.4. The van der Waals surface area contributed by atoms with Gasteiger partial charge in [-0.2, -0.15) is 74.3 Å². The van der Waals surface area contributed by atoms with Crippen molar-refractivity contribution in [1.29, 1.82) is 0 Å². The number of phenols is 4. The minimum atomic E-state index is -5.42. The van der Waals surface area contributed by atoms with Gasteiger partial charge in [0.2, 0.25) is 0 Å². The van der Waals surface area contributed by atoms with Gasteiger partial charge in [0.15, 0.2) is 17.2 Å². The molecule has 44 heteroatoms. The van der Waals surface area contributed by atoms with E-state index in [2.05, 4.69) is 56.5 Å². The number of para-hydroxylation sites is 1. The van der Waals surface area contributed by atoms with Gasteiger partial charge in [0.1, 0.15) is 65.2 Å². The van der Waals surface area contributed by atoms with Crippen LogP contribution in [0.25, 0.3) is 38.0 Å². The van der Waals surface area contributed by atoms with Crippen molar-refractivity contribution in [2.45, 2.75) is 51.2 Å². The van der Waals surface area contributed by atoms with E-state index in [-0.39, 0.29) is 96.2 Å². The Hall–Kier alpha value is -11.4. The summed E-state index contributed by atoms with van der Waals surface area (Å²) in [4.78, 5) is -5.45. The van der Waals surface area contributed by atoms with E-state index in [1.54, 1.807) is 30.3 Å².